The van der Waals surface area contributed by atoms with Crippen molar-refractivity contribution in [2.24, 2.45) is 0 Å². The second-order valence-electron chi connectivity index (χ2n) is 0.785. The van der Waals surface area contributed by atoms with Crippen molar-refractivity contribution in [1.82, 2.24) is 0 Å². The highest BCUT2D eigenvalue weighted by Crippen LogP contribution is 1.85. The maximum absolute atomic E-state index is 7.32. The van der Waals surface area contributed by atoms with Crippen molar-refractivity contribution in [3.63, 3.8) is 0 Å². The van der Waals surface area contributed by atoms with Crippen LogP contribution in [0.2, 0.25) is 0 Å². The summed E-state index contributed by atoms with van der Waals surface area (Å²) in [6, 6.07) is 0. The molecule has 0 N–H and O–H groups in total. The van der Waals surface area contributed by atoms with Gasteiger partial charge in [0, 0.05) is 22.8 Å². The molecular weight excluding hydrogens is 88.1 g/mol. The van der Waals surface area contributed by atoms with Crippen LogP contribution in [-0.2, 0) is 4.74 Å². The number of hydrogen-bond acceptors (Lipinski definition) is 1. The van der Waals surface area contributed by atoms with E-state index in [0.29, 0.717) is 0 Å². The zero-order valence-electron chi connectivity index (χ0n) is 13.1. The highest BCUT2D eigenvalue weighted by atomic mass is 16.5. The quantitative estimate of drug-likeness (QED) is 0.537. The van der Waals surface area contributed by atoms with Gasteiger partial charge in [0.25, 0.3) is 0 Å². The Morgan fingerprint density at radius 2 is 2.71 bits per heavy atom. The highest BCUT2D eigenvalue weighted by Gasteiger charge is 1.78. The first-order chi connectivity index (χ1) is 6.81. The van der Waals surface area contributed by atoms with E-state index in [1.807, 2.05) is 0 Å². The van der Waals surface area contributed by atoms with Crippen LogP contribution in [0, 0.1) is 0 Å². The molecule has 0 aliphatic rings. The third-order valence-electron chi connectivity index (χ3n) is 0.330. The molecule has 0 atom stereocenters. The number of rotatable bonds is 4. The minimum Gasteiger partial charge on any atom is -0.382 e. The predicted molar refractivity (Wildman–Crippen MR) is 31.4 cm³/mol. The first-order valence-electron chi connectivity index (χ1n) is 6.45. The minimum atomic E-state index is -3.35. The van der Waals surface area contributed by atoms with Crippen molar-refractivity contribution >= 4 is 0 Å². The van der Waals surface area contributed by atoms with E-state index < -0.39 is 26.2 Å². The summed E-state index contributed by atoms with van der Waals surface area (Å²) < 4.78 is 68.7. The van der Waals surface area contributed by atoms with Crippen LogP contribution in [0.15, 0.2) is 0 Å². The van der Waals surface area contributed by atoms with Gasteiger partial charge in [-0.2, -0.15) is 0 Å². The number of ether oxygens (including phenoxy) is 1. The fraction of sp³-hybridized carbons (Fsp3) is 1.00. The molecule has 0 rings (SSSR count). The van der Waals surface area contributed by atoms with Gasteiger partial charge in [-0.1, -0.05) is 13.2 Å². The van der Waals surface area contributed by atoms with Gasteiger partial charge in [0.15, 0.2) is 0 Å². The maximum Gasteiger partial charge on any atom is 0.0567 e. The smallest absolute Gasteiger partial charge is 0.0567 e. The lowest BCUT2D eigenvalue weighted by molar-refractivity contribution is 0.144. The molecule has 44 valence electrons. The minimum absolute atomic E-state index is 0.191. The normalized spacial score (nSPS) is 36.4. The van der Waals surface area contributed by atoms with Crippen LogP contribution in [0.3, 0.4) is 0 Å². The van der Waals surface area contributed by atoms with Crippen molar-refractivity contribution in [3.05, 3.63) is 0 Å². The Balaban J connectivity index is 5.34. The molecule has 0 unspecified atom stereocenters. The van der Waals surface area contributed by atoms with Crippen molar-refractivity contribution in [1.29, 1.82) is 0 Å². The third kappa shape index (κ3) is 5.96. The average Bonchev–Trinajstić information content (AvgIpc) is 2.01. The topological polar surface area (TPSA) is 9.23 Å². The van der Waals surface area contributed by atoms with Crippen molar-refractivity contribution in [2.75, 3.05) is 13.2 Å². The first kappa shape index (κ1) is 1.10. The molecule has 1 nitrogen and oxygen atoms in total. The van der Waals surface area contributed by atoms with Gasteiger partial charge in [0.05, 0.1) is 2.74 Å². The second kappa shape index (κ2) is 5.96. The summed E-state index contributed by atoms with van der Waals surface area (Å²) in [7, 11) is 0. The van der Waals surface area contributed by atoms with E-state index in [4.69, 9.17) is 12.3 Å². The van der Waals surface area contributed by atoms with Crippen LogP contribution >= 0.6 is 0 Å². The molecule has 0 aromatic heterocycles. The maximum atomic E-state index is 7.32. The summed E-state index contributed by atoms with van der Waals surface area (Å²) in [6.07, 6.45) is -6.64. The van der Waals surface area contributed by atoms with Crippen LogP contribution < -0.4 is 0 Å². The summed E-state index contributed by atoms with van der Waals surface area (Å²) >= 11 is 0. The molecule has 0 aromatic rings. The Morgan fingerprint density at radius 3 is 3.29 bits per heavy atom. The summed E-state index contributed by atoms with van der Waals surface area (Å²) in [5.74, 6) is 0. The molecule has 0 aromatic carbocycles. The predicted octanol–water partition coefficient (Wildman–Crippen LogP) is 1.82. The van der Waals surface area contributed by atoms with Crippen molar-refractivity contribution in [2.45, 2.75) is 26.5 Å². The van der Waals surface area contributed by atoms with Crippen molar-refractivity contribution < 1.29 is 17.1 Å². The Labute approximate surface area is 58.3 Å². The first-order valence-corrected chi connectivity index (χ1v) is 1.95. The molecule has 0 saturated carbocycles. The Kier molecular flexibility index (Phi) is 0.941. The van der Waals surface area contributed by atoms with E-state index in [0.717, 1.165) is 0 Å². The van der Waals surface area contributed by atoms with E-state index in [1.54, 1.807) is 0 Å². The molecule has 0 saturated heterocycles. The number of hydrogen-bond donors (Lipinski definition) is 0. The van der Waals surface area contributed by atoms with E-state index in [9.17, 15) is 0 Å². The van der Waals surface area contributed by atoms with Crippen LogP contribution in [0.1, 0.15) is 38.9 Å². The lowest BCUT2D eigenvalue weighted by Gasteiger charge is -1.94. The van der Waals surface area contributed by atoms with Gasteiger partial charge in [-0.3, -0.25) is 0 Å². The largest absolute Gasteiger partial charge is 0.382 e. The molecule has 0 fully saturated rings. The Morgan fingerprint density at radius 1 is 1.86 bits per heavy atom. The summed E-state index contributed by atoms with van der Waals surface area (Å²) in [4.78, 5) is 0. The van der Waals surface area contributed by atoms with Gasteiger partial charge < -0.3 is 4.74 Å². The molecule has 0 bridgehead atoms. The van der Waals surface area contributed by atoms with Gasteiger partial charge >= 0.3 is 0 Å². The van der Waals surface area contributed by atoms with E-state index in [-0.39, 0.29) is 6.61 Å². The van der Waals surface area contributed by atoms with E-state index in [1.165, 1.54) is 6.92 Å². The zero-order valence-corrected chi connectivity index (χ0v) is 4.12. The van der Waals surface area contributed by atoms with Crippen LogP contribution in [0.5, 0.6) is 0 Å². The Hall–Kier alpha value is -0.0400. The lowest BCUT2D eigenvalue weighted by atomic mass is 10.4. The fourth-order valence-corrected chi connectivity index (χ4v) is 0.134. The molecule has 0 amide bonds. The van der Waals surface area contributed by atoms with Gasteiger partial charge in [-0.25, -0.2) is 0 Å². The highest BCUT2D eigenvalue weighted by molar-refractivity contribution is 4.28. The third-order valence-corrected chi connectivity index (χ3v) is 0.330. The summed E-state index contributed by atoms with van der Waals surface area (Å²) in [5.41, 5.74) is 0. The molecule has 1 heteroatoms. The molecule has 0 radical (unpaired) electrons. The molecule has 0 heterocycles. The van der Waals surface area contributed by atoms with E-state index in [2.05, 4.69) is 4.74 Å². The lowest BCUT2D eigenvalue weighted by Crippen LogP contribution is -1.90. The summed E-state index contributed by atoms with van der Waals surface area (Å²) in [6.45, 7) is -5.08. The molecule has 0 aliphatic carbocycles. The summed E-state index contributed by atoms with van der Waals surface area (Å²) in [5, 5.41) is 0. The second-order valence-corrected chi connectivity index (χ2v) is 0.785. The monoisotopic (exact) mass is 111 g/mol. The molecule has 0 spiro atoms. The van der Waals surface area contributed by atoms with Crippen LogP contribution in [0.25, 0.3) is 0 Å². The van der Waals surface area contributed by atoms with Crippen LogP contribution in [-0.4, -0.2) is 13.2 Å². The standard InChI is InChI=1S/C6H14O/c1-3-5-6-7-4-2/h3-6H2,1-2H3/i1D3,3D2,5D2,6D2. The zero-order chi connectivity index (χ0) is 13.4. The fourth-order valence-electron chi connectivity index (χ4n) is 0.134. The molecule has 7 heavy (non-hydrogen) atoms. The van der Waals surface area contributed by atoms with E-state index >= 15 is 0 Å². The van der Waals surface area contributed by atoms with Crippen molar-refractivity contribution in [3.8, 4) is 0 Å². The van der Waals surface area contributed by atoms with Gasteiger partial charge in [0.1, 0.15) is 0 Å². The average molecular weight is 111 g/mol. The van der Waals surface area contributed by atoms with Crippen LogP contribution in [0.4, 0.5) is 0 Å². The van der Waals surface area contributed by atoms with Gasteiger partial charge in [0.2, 0.25) is 0 Å². The van der Waals surface area contributed by atoms with Gasteiger partial charge in [-0.05, 0) is 13.3 Å². The van der Waals surface area contributed by atoms with Gasteiger partial charge in [-0.15, -0.1) is 0 Å². The Bertz CT molecular complexity index is 243. The SMILES string of the molecule is [2H]C([2H])([2H])C([2H])([2H])C([2H])([2H])C([2H])([2H])OCC. The molecular formula is C6H14O. The molecule has 0 aliphatic heterocycles.